The maximum Gasteiger partial charge on any atom is 0.131 e. The van der Waals surface area contributed by atoms with Crippen LogP contribution in [-0.2, 0) is 11.2 Å². The molecule has 0 bridgehead atoms. The SMILES string of the molecule is C=CCc1ccc(-c2ccc(-c3ccc(C=CCCCC(C)OCCCCC)c(F)c3)cc2)cn1. The first kappa shape index (κ1) is 26.6. The second-order valence-corrected chi connectivity index (χ2v) is 9.07. The van der Waals surface area contributed by atoms with E-state index in [9.17, 15) is 4.39 Å². The Morgan fingerprint density at radius 2 is 1.66 bits per heavy atom. The van der Waals surface area contributed by atoms with Crippen molar-refractivity contribution in [3.8, 4) is 22.3 Å². The van der Waals surface area contributed by atoms with Gasteiger partial charge in [-0.05, 0) is 61.4 Å². The van der Waals surface area contributed by atoms with Gasteiger partial charge in [-0.25, -0.2) is 4.39 Å². The molecule has 0 aliphatic carbocycles. The van der Waals surface area contributed by atoms with Gasteiger partial charge in [0.1, 0.15) is 5.82 Å². The average molecular weight is 472 g/mol. The zero-order chi connectivity index (χ0) is 24.9. The van der Waals surface area contributed by atoms with Gasteiger partial charge >= 0.3 is 0 Å². The van der Waals surface area contributed by atoms with Gasteiger partial charge < -0.3 is 4.74 Å². The van der Waals surface area contributed by atoms with Crippen LogP contribution in [0.3, 0.4) is 0 Å². The smallest absolute Gasteiger partial charge is 0.131 e. The van der Waals surface area contributed by atoms with Crippen molar-refractivity contribution in [2.24, 2.45) is 0 Å². The van der Waals surface area contributed by atoms with Crippen molar-refractivity contribution in [3.63, 3.8) is 0 Å². The van der Waals surface area contributed by atoms with Crippen molar-refractivity contribution >= 4 is 6.08 Å². The number of allylic oxidation sites excluding steroid dienone is 2. The number of aromatic nitrogens is 1. The van der Waals surface area contributed by atoms with Crippen LogP contribution in [0.1, 0.15) is 63.6 Å². The minimum Gasteiger partial charge on any atom is -0.379 e. The van der Waals surface area contributed by atoms with E-state index in [1.54, 1.807) is 6.07 Å². The van der Waals surface area contributed by atoms with Gasteiger partial charge in [0.15, 0.2) is 0 Å². The van der Waals surface area contributed by atoms with Gasteiger partial charge in [0.2, 0.25) is 0 Å². The molecule has 0 N–H and O–H groups in total. The summed E-state index contributed by atoms with van der Waals surface area (Å²) in [6.07, 6.45) is 15.3. The first-order chi connectivity index (χ1) is 17.1. The second-order valence-electron chi connectivity index (χ2n) is 9.07. The van der Waals surface area contributed by atoms with Crippen LogP contribution in [0.2, 0.25) is 0 Å². The van der Waals surface area contributed by atoms with E-state index < -0.39 is 0 Å². The molecule has 0 spiro atoms. The number of benzene rings is 2. The van der Waals surface area contributed by atoms with E-state index in [0.717, 1.165) is 66.7 Å². The van der Waals surface area contributed by atoms with E-state index in [-0.39, 0.29) is 11.9 Å². The summed E-state index contributed by atoms with van der Waals surface area (Å²) in [6.45, 7) is 8.94. The number of rotatable bonds is 14. The number of ether oxygens (including phenoxy) is 1. The fraction of sp³-hybridized carbons (Fsp3) is 0.344. The zero-order valence-corrected chi connectivity index (χ0v) is 21.2. The molecule has 1 aromatic heterocycles. The first-order valence-corrected chi connectivity index (χ1v) is 12.8. The third-order valence-electron chi connectivity index (χ3n) is 6.16. The Bertz CT molecular complexity index is 1070. The van der Waals surface area contributed by atoms with Gasteiger partial charge in [0.25, 0.3) is 0 Å². The summed E-state index contributed by atoms with van der Waals surface area (Å²) in [4.78, 5) is 4.48. The highest BCUT2D eigenvalue weighted by Crippen LogP contribution is 2.26. The van der Waals surface area contributed by atoms with Crippen molar-refractivity contribution in [2.45, 2.75) is 64.9 Å². The fourth-order valence-corrected chi connectivity index (χ4v) is 4.01. The van der Waals surface area contributed by atoms with Crippen LogP contribution < -0.4 is 0 Å². The van der Waals surface area contributed by atoms with E-state index >= 15 is 0 Å². The van der Waals surface area contributed by atoms with Gasteiger partial charge in [-0.15, -0.1) is 6.58 Å². The zero-order valence-electron chi connectivity index (χ0n) is 21.2. The van der Waals surface area contributed by atoms with Gasteiger partial charge in [0.05, 0.1) is 6.10 Å². The second kappa shape index (κ2) is 14.4. The van der Waals surface area contributed by atoms with E-state index in [4.69, 9.17) is 4.74 Å². The third kappa shape index (κ3) is 8.60. The number of unbranched alkanes of at least 4 members (excludes halogenated alkanes) is 3. The lowest BCUT2D eigenvalue weighted by molar-refractivity contribution is 0.0566. The molecule has 35 heavy (non-hydrogen) atoms. The van der Waals surface area contributed by atoms with Crippen LogP contribution in [0.5, 0.6) is 0 Å². The number of hydrogen-bond donors (Lipinski definition) is 0. The molecule has 1 unspecified atom stereocenters. The Balaban J connectivity index is 1.51. The summed E-state index contributed by atoms with van der Waals surface area (Å²) in [5, 5.41) is 0. The molecule has 0 saturated heterocycles. The minimum absolute atomic E-state index is 0.197. The normalized spacial score (nSPS) is 12.2. The molecule has 3 heteroatoms. The summed E-state index contributed by atoms with van der Waals surface area (Å²) >= 11 is 0. The Morgan fingerprint density at radius 1 is 0.943 bits per heavy atom. The number of hydrogen-bond acceptors (Lipinski definition) is 2. The molecule has 0 aliphatic heterocycles. The highest BCUT2D eigenvalue weighted by Gasteiger charge is 2.06. The summed E-state index contributed by atoms with van der Waals surface area (Å²) < 4.78 is 20.6. The van der Waals surface area contributed by atoms with Crippen molar-refractivity contribution in [1.29, 1.82) is 0 Å². The lowest BCUT2D eigenvalue weighted by Gasteiger charge is -2.12. The quantitative estimate of drug-likeness (QED) is 0.173. The molecule has 0 aliphatic rings. The molecule has 2 nitrogen and oxygen atoms in total. The Kier molecular flexibility index (Phi) is 10.9. The Labute approximate surface area is 210 Å². The predicted molar refractivity (Wildman–Crippen MR) is 147 cm³/mol. The number of pyridine rings is 1. The molecule has 2 aromatic carbocycles. The highest BCUT2D eigenvalue weighted by atomic mass is 19.1. The lowest BCUT2D eigenvalue weighted by atomic mass is 9.99. The largest absolute Gasteiger partial charge is 0.379 e. The predicted octanol–water partition coefficient (Wildman–Crippen LogP) is 9.06. The summed E-state index contributed by atoms with van der Waals surface area (Å²) in [5.74, 6) is -0.197. The van der Waals surface area contributed by atoms with Crippen molar-refractivity contribution in [2.75, 3.05) is 6.61 Å². The number of nitrogens with zero attached hydrogens (tertiary/aromatic N) is 1. The van der Waals surface area contributed by atoms with E-state index in [2.05, 4.69) is 49.7 Å². The molecule has 0 radical (unpaired) electrons. The number of halogens is 1. The summed E-state index contributed by atoms with van der Waals surface area (Å²) in [7, 11) is 0. The first-order valence-electron chi connectivity index (χ1n) is 12.8. The maximum absolute atomic E-state index is 14.7. The molecule has 3 rings (SSSR count). The van der Waals surface area contributed by atoms with Crippen molar-refractivity contribution < 1.29 is 9.13 Å². The van der Waals surface area contributed by atoms with Gasteiger partial charge in [-0.1, -0.05) is 80.5 Å². The lowest BCUT2D eigenvalue weighted by Crippen LogP contribution is -2.08. The summed E-state index contributed by atoms with van der Waals surface area (Å²) in [6, 6.07) is 17.7. The summed E-state index contributed by atoms with van der Waals surface area (Å²) in [5.41, 5.74) is 5.65. The van der Waals surface area contributed by atoms with Crippen LogP contribution in [0.25, 0.3) is 28.3 Å². The van der Waals surface area contributed by atoms with Gasteiger partial charge in [0, 0.05) is 36.0 Å². The third-order valence-corrected chi connectivity index (χ3v) is 6.16. The fourth-order valence-electron chi connectivity index (χ4n) is 4.01. The molecule has 3 aromatic rings. The molecular formula is C32H38FNO. The van der Waals surface area contributed by atoms with Crippen LogP contribution in [0, 0.1) is 5.82 Å². The molecule has 1 heterocycles. The van der Waals surface area contributed by atoms with Crippen LogP contribution in [0.15, 0.2) is 79.5 Å². The monoisotopic (exact) mass is 471 g/mol. The van der Waals surface area contributed by atoms with Crippen molar-refractivity contribution in [3.05, 3.63) is 96.6 Å². The van der Waals surface area contributed by atoms with Crippen molar-refractivity contribution in [1.82, 2.24) is 4.98 Å². The van der Waals surface area contributed by atoms with Crippen LogP contribution >= 0.6 is 0 Å². The van der Waals surface area contributed by atoms with E-state index in [0.29, 0.717) is 5.56 Å². The van der Waals surface area contributed by atoms with Gasteiger partial charge in [-0.3, -0.25) is 4.98 Å². The Morgan fingerprint density at radius 3 is 2.31 bits per heavy atom. The van der Waals surface area contributed by atoms with E-state index in [1.807, 2.05) is 48.7 Å². The van der Waals surface area contributed by atoms with Gasteiger partial charge in [-0.2, -0.15) is 0 Å². The van der Waals surface area contributed by atoms with Crippen LogP contribution in [-0.4, -0.2) is 17.7 Å². The molecule has 0 saturated carbocycles. The Hall–Kier alpha value is -3.04. The maximum atomic E-state index is 14.7. The van der Waals surface area contributed by atoms with Crippen LogP contribution in [0.4, 0.5) is 4.39 Å². The standard InChI is InChI=1S/C32H38FNO/c1-4-6-10-22-35-25(3)12-8-7-9-13-28-18-19-29(23-32(28)33)26-14-16-27(17-15-26)30-20-21-31(11-5-2)34-24-30/h5,9,13-21,23-25H,2,4,6-8,10-12,22H2,1,3H3. The molecular weight excluding hydrogens is 433 g/mol. The molecule has 0 amide bonds. The minimum atomic E-state index is -0.197. The molecule has 1 atom stereocenters. The highest BCUT2D eigenvalue weighted by molar-refractivity contribution is 5.71. The topological polar surface area (TPSA) is 22.1 Å². The average Bonchev–Trinajstić information content (AvgIpc) is 2.88. The molecule has 184 valence electrons. The molecule has 0 fully saturated rings. The van der Waals surface area contributed by atoms with E-state index in [1.165, 1.54) is 12.8 Å².